The predicted octanol–water partition coefficient (Wildman–Crippen LogP) is 3.70. The highest BCUT2D eigenvalue weighted by molar-refractivity contribution is 5.92. The third-order valence-corrected chi connectivity index (χ3v) is 5.74. The molecule has 2 aliphatic heterocycles. The molecule has 2 aromatic carbocycles. The molecule has 0 bridgehead atoms. The average molecular weight is 400 g/mol. The van der Waals surface area contributed by atoms with Crippen LogP contribution in [0.25, 0.3) is 0 Å². The second-order valence-electron chi connectivity index (χ2n) is 7.54. The molecule has 3 heterocycles. The molecule has 0 fully saturated rings. The molecule has 3 N–H and O–H groups in total. The number of hydroxylamine groups is 2. The molecule has 30 heavy (non-hydrogen) atoms. The Morgan fingerprint density at radius 3 is 2.67 bits per heavy atom. The summed E-state index contributed by atoms with van der Waals surface area (Å²) in [5.41, 5.74) is 11.8. The predicted molar refractivity (Wildman–Crippen MR) is 116 cm³/mol. The van der Waals surface area contributed by atoms with Gasteiger partial charge in [-0.3, -0.25) is 9.98 Å². The summed E-state index contributed by atoms with van der Waals surface area (Å²) in [7, 11) is 0. The van der Waals surface area contributed by atoms with Crippen LogP contribution >= 0.6 is 0 Å². The van der Waals surface area contributed by atoms with Gasteiger partial charge in [0.1, 0.15) is 19.3 Å². The summed E-state index contributed by atoms with van der Waals surface area (Å²) in [6.45, 7) is 1.15. The Hall–Kier alpha value is -3.71. The lowest BCUT2D eigenvalue weighted by atomic mass is 9.97. The number of hydrogen-bond acceptors (Lipinski definition) is 5. The number of nitrogens with two attached hydrogens (primary N) is 1. The standard InChI is InChI=1S/C23H21N5O2/c24-23(29)30-28(13-10-16-4-1-2-5-17(16)15-28)21-7-3-6-19-20(21)14-26-22(19)27-18-8-11-25-12-9-18/h1-9,11-12,14,22H,10,13,15H2,(H2-,24,25,27,29)/p+1. The molecular weight excluding hydrogens is 378 g/mol. The Labute approximate surface area is 174 Å². The van der Waals surface area contributed by atoms with Crippen molar-refractivity contribution in [1.82, 2.24) is 9.63 Å². The van der Waals surface area contributed by atoms with Crippen molar-refractivity contribution in [2.24, 2.45) is 10.7 Å². The fourth-order valence-corrected chi connectivity index (χ4v) is 4.37. The molecule has 0 saturated heterocycles. The van der Waals surface area contributed by atoms with E-state index in [9.17, 15) is 4.79 Å². The molecule has 2 unspecified atom stereocenters. The topological polar surface area (TPSA) is 89.6 Å². The van der Waals surface area contributed by atoms with Crippen LogP contribution in [0.4, 0.5) is 16.2 Å². The van der Waals surface area contributed by atoms with E-state index in [0.29, 0.717) is 13.1 Å². The van der Waals surface area contributed by atoms with Gasteiger partial charge in [0.15, 0.2) is 5.69 Å². The zero-order valence-electron chi connectivity index (χ0n) is 16.4. The number of primary amides is 1. The van der Waals surface area contributed by atoms with Crippen molar-refractivity contribution in [3.05, 3.63) is 89.2 Å². The summed E-state index contributed by atoms with van der Waals surface area (Å²) in [5.74, 6) is 0. The third-order valence-electron chi connectivity index (χ3n) is 5.74. The number of nitrogens with zero attached hydrogens (tertiary/aromatic N) is 3. The minimum atomic E-state index is -0.784. The van der Waals surface area contributed by atoms with Crippen LogP contribution in [-0.4, -0.2) is 23.8 Å². The SMILES string of the molecule is NC(=O)O[N+]1(c2cccc3c2C=NC3Nc2ccncc2)CCc2ccccc2C1. The molecule has 2 aliphatic rings. The van der Waals surface area contributed by atoms with Crippen LogP contribution in [0, 0.1) is 0 Å². The first-order valence-electron chi connectivity index (χ1n) is 9.91. The van der Waals surface area contributed by atoms with Gasteiger partial charge in [0, 0.05) is 47.9 Å². The second-order valence-corrected chi connectivity index (χ2v) is 7.54. The quantitative estimate of drug-likeness (QED) is 0.654. The molecule has 5 rings (SSSR count). The minimum absolute atomic E-state index is 0.0313. The number of pyridine rings is 1. The van der Waals surface area contributed by atoms with Gasteiger partial charge in [-0.05, 0) is 17.7 Å². The largest absolute Gasteiger partial charge is 0.459 e. The van der Waals surface area contributed by atoms with Crippen molar-refractivity contribution in [3.63, 3.8) is 0 Å². The van der Waals surface area contributed by atoms with E-state index < -0.39 is 6.09 Å². The molecule has 0 spiro atoms. The van der Waals surface area contributed by atoms with Crippen molar-refractivity contribution in [2.75, 3.05) is 11.9 Å². The van der Waals surface area contributed by atoms with E-state index in [0.717, 1.165) is 34.5 Å². The molecule has 1 amide bonds. The minimum Gasteiger partial charge on any atom is -0.360 e. The summed E-state index contributed by atoms with van der Waals surface area (Å²) in [6, 6.07) is 18.1. The number of amides is 1. The number of aliphatic imine (C=N–C) groups is 1. The van der Waals surface area contributed by atoms with E-state index in [1.54, 1.807) is 12.4 Å². The Balaban J connectivity index is 1.55. The number of anilines is 1. The number of aromatic nitrogens is 1. The summed E-state index contributed by atoms with van der Waals surface area (Å²) >= 11 is 0. The van der Waals surface area contributed by atoms with Crippen LogP contribution in [0.15, 0.2) is 72.0 Å². The van der Waals surface area contributed by atoms with E-state index in [-0.39, 0.29) is 10.8 Å². The van der Waals surface area contributed by atoms with Crippen LogP contribution in [0.1, 0.15) is 28.4 Å². The number of carbonyl (C=O) groups excluding carboxylic acids is 1. The lowest BCUT2D eigenvalue weighted by molar-refractivity contribution is -0.0972. The second kappa shape index (κ2) is 7.27. The van der Waals surface area contributed by atoms with Crippen LogP contribution in [0.3, 0.4) is 0 Å². The van der Waals surface area contributed by atoms with Gasteiger partial charge >= 0.3 is 6.09 Å². The zero-order valence-corrected chi connectivity index (χ0v) is 16.4. The number of carbonyl (C=O) groups is 1. The molecule has 2 atom stereocenters. The first-order valence-corrected chi connectivity index (χ1v) is 9.91. The van der Waals surface area contributed by atoms with E-state index in [1.807, 2.05) is 48.7 Å². The van der Waals surface area contributed by atoms with Gasteiger partial charge in [0.2, 0.25) is 0 Å². The highest BCUT2D eigenvalue weighted by atomic mass is 16.8. The lowest BCUT2D eigenvalue weighted by Crippen LogP contribution is -2.54. The number of hydrogen-bond donors (Lipinski definition) is 2. The number of rotatable bonds is 4. The van der Waals surface area contributed by atoms with Gasteiger partial charge < -0.3 is 11.1 Å². The number of fused-ring (bicyclic) bond motifs is 2. The van der Waals surface area contributed by atoms with Gasteiger partial charge in [-0.2, -0.15) is 0 Å². The molecule has 7 nitrogen and oxygen atoms in total. The first kappa shape index (κ1) is 18.3. The van der Waals surface area contributed by atoms with Crippen LogP contribution < -0.4 is 15.7 Å². The Kier molecular flexibility index (Phi) is 4.44. The van der Waals surface area contributed by atoms with Crippen LogP contribution in [0.5, 0.6) is 0 Å². The van der Waals surface area contributed by atoms with Crippen molar-refractivity contribution in [2.45, 2.75) is 19.1 Å². The van der Waals surface area contributed by atoms with Gasteiger partial charge in [-0.25, -0.2) is 9.63 Å². The lowest BCUT2D eigenvalue weighted by Gasteiger charge is -2.37. The number of nitrogens with one attached hydrogen (secondary N) is 1. The number of quaternary nitrogens is 1. The fraction of sp³-hybridized carbons (Fsp3) is 0.174. The normalized spacial score (nSPS) is 21.5. The monoisotopic (exact) mass is 400 g/mol. The zero-order chi connectivity index (χ0) is 20.6. The maximum absolute atomic E-state index is 11.9. The maximum atomic E-state index is 11.9. The molecule has 0 radical (unpaired) electrons. The summed E-state index contributed by atoms with van der Waals surface area (Å²) < 4.78 is 0.0313. The summed E-state index contributed by atoms with van der Waals surface area (Å²) in [4.78, 5) is 26.4. The third kappa shape index (κ3) is 3.19. The van der Waals surface area contributed by atoms with Crippen molar-refractivity contribution in [3.8, 4) is 0 Å². The van der Waals surface area contributed by atoms with E-state index in [4.69, 9.17) is 10.6 Å². The van der Waals surface area contributed by atoms with E-state index >= 15 is 0 Å². The molecule has 150 valence electrons. The Bertz CT molecular complexity index is 1130. The molecule has 0 aliphatic carbocycles. The van der Waals surface area contributed by atoms with Crippen molar-refractivity contribution < 1.29 is 9.63 Å². The molecule has 3 aromatic rings. The first-order chi connectivity index (χ1) is 14.6. The van der Waals surface area contributed by atoms with Gasteiger partial charge in [0.05, 0.1) is 5.56 Å². The molecule has 0 saturated carbocycles. The summed E-state index contributed by atoms with van der Waals surface area (Å²) in [6.07, 6.45) is 5.13. The van der Waals surface area contributed by atoms with E-state index in [2.05, 4.69) is 27.4 Å². The van der Waals surface area contributed by atoms with Crippen molar-refractivity contribution in [1.29, 1.82) is 0 Å². The summed E-state index contributed by atoms with van der Waals surface area (Å²) in [5, 5.41) is 3.42. The molecule has 1 aromatic heterocycles. The Morgan fingerprint density at radius 2 is 1.87 bits per heavy atom. The number of benzene rings is 2. The fourth-order valence-electron chi connectivity index (χ4n) is 4.37. The maximum Gasteiger partial charge on any atom is 0.459 e. The van der Waals surface area contributed by atoms with Crippen LogP contribution in [0.2, 0.25) is 0 Å². The highest BCUT2D eigenvalue weighted by Gasteiger charge is 2.43. The van der Waals surface area contributed by atoms with Gasteiger partial charge in [-0.1, -0.05) is 41.0 Å². The average Bonchev–Trinajstić information content (AvgIpc) is 3.17. The van der Waals surface area contributed by atoms with Gasteiger partial charge in [-0.15, -0.1) is 0 Å². The highest BCUT2D eigenvalue weighted by Crippen LogP contribution is 2.40. The molecule has 7 heteroatoms. The van der Waals surface area contributed by atoms with Gasteiger partial charge in [0.25, 0.3) is 0 Å². The smallest absolute Gasteiger partial charge is 0.360 e. The van der Waals surface area contributed by atoms with Crippen molar-refractivity contribution >= 4 is 23.7 Å². The van der Waals surface area contributed by atoms with Crippen LogP contribution in [-0.2, 0) is 17.8 Å². The van der Waals surface area contributed by atoms with E-state index in [1.165, 1.54) is 5.56 Å². The Morgan fingerprint density at radius 1 is 1.07 bits per heavy atom. The molecular formula is C23H22N5O2+.